The Kier molecular flexibility index (Phi) is 37.8. The Morgan fingerprint density at radius 2 is 0.708 bits per heavy atom. The third kappa shape index (κ3) is 30.5. The maximum atomic E-state index is 12.8. The molecule has 0 spiro atoms. The van der Waals surface area contributed by atoms with Gasteiger partial charge in [0.05, 0.1) is 31.5 Å². The number of rotatable bonds is 39. The molecule has 4 fully saturated rings. The first-order valence-corrected chi connectivity index (χ1v) is 40.8. The van der Waals surface area contributed by atoms with Crippen molar-refractivity contribution in [3.63, 3.8) is 0 Å². The SMILES string of the molecule is CC1(C)CCCC(C)(C)N1OC(COC(=O)c1ccccc1)c1ccccc1.CCCCCCCCON1C(C)(C)CC(OC(=O)CCCCCCCCC(=O)OC2CC(C)(C)N(OCCCCCCCC)C(C)(C)C2)CC1(C)C.COC(=O)C(COC(=O)c1ccccc1)ON1C(C)(C)CCCC1(C)C. The fraction of sp³-hybridized carbons (Fsp3) is 0.739. The maximum Gasteiger partial charge on any atom is 0.340 e. The Bertz CT molecular complexity index is 2880. The first-order valence-electron chi connectivity index (χ1n) is 40.8. The van der Waals surface area contributed by atoms with E-state index in [0.29, 0.717) is 24.0 Å². The topological polar surface area (TPSA) is 181 Å². The first-order chi connectivity index (χ1) is 50.0. The number of piperidine rings is 4. The van der Waals surface area contributed by atoms with Gasteiger partial charge in [0.25, 0.3) is 0 Å². The second kappa shape index (κ2) is 43.9. The summed E-state index contributed by atoms with van der Waals surface area (Å²) in [7, 11) is 1.30. The van der Waals surface area contributed by atoms with Gasteiger partial charge in [0, 0.05) is 82.8 Å². The monoisotopic (exact) mass is 1480 g/mol. The maximum absolute atomic E-state index is 12.8. The zero-order chi connectivity index (χ0) is 78.2. The van der Waals surface area contributed by atoms with Crippen LogP contribution in [0.15, 0.2) is 91.0 Å². The van der Waals surface area contributed by atoms with Crippen molar-refractivity contribution in [2.24, 2.45) is 0 Å². The Morgan fingerprint density at radius 3 is 1.07 bits per heavy atom. The van der Waals surface area contributed by atoms with Crippen LogP contribution in [-0.4, -0.2) is 146 Å². The molecule has 0 radical (unpaired) electrons. The van der Waals surface area contributed by atoms with E-state index in [1.807, 2.05) is 59.7 Å². The largest absolute Gasteiger partial charge is 0.467 e. The second-order valence-corrected chi connectivity index (χ2v) is 35.3. The molecule has 4 aliphatic heterocycles. The highest BCUT2D eigenvalue weighted by Gasteiger charge is 2.50. The molecule has 0 aliphatic carbocycles. The van der Waals surface area contributed by atoms with E-state index >= 15 is 0 Å². The predicted molar refractivity (Wildman–Crippen MR) is 422 cm³/mol. The third-order valence-corrected chi connectivity index (χ3v) is 21.4. The van der Waals surface area contributed by atoms with Crippen molar-refractivity contribution in [1.82, 2.24) is 20.3 Å². The lowest BCUT2D eigenvalue weighted by Gasteiger charge is -2.53. The minimum absolute atomic E-state index is 0.0812. The number of carbonyl (C=O) groups is 5. The summed E-state index contributed by atoms with van der Waals surface area (Å²) < 4.78 is 27.8. The Morgan fingerprint density at radius 1 is 0.387 bits per heavy atom. The van der Waals surface area contributed by atoms with Gasteiger partial charge >= 0.3 is 29.8 Å². The molecule has 600 valence electrons. The fourth-order valence-electron chi connectivity index (χ4n) is 16.5. The van der Waals surface area contributed by atoms with E-state index in [-0.39, 0.29) is 93.7 Å². The molecule has 4 aliphatic rings. The van der Waals surface area contributed by atoms with Crippen LogP contribution in [-0.2, 0) is 57.4 Å². The van der Waals surface area contributed by atoms with Crippen LogP contribution >= 0.6 is 0 Å². The number of unbranched alkanes of at least 4 members (excludes halogenated alkanes) is 15. The van der Waals surface area contributed by atoms with Crippen LogP contribution in [0.1, 0.15) is 350 Å². The zero-order valence-corrected chi connectivity index (χ0v) is 69.5. The quantitative estimate of drug-likeness (QED) is 0.0298. The normalized spacial score (nSPS) is 20.3. The summed E-state index contributed by atoms with van der Waals surface area (Å²) >= 11 is 0. The number of carbonyl (C=O) groups excluding carboxylic acids is 5. The number of hydroxylamine groups is 8. The number of benzene rings is 3. The van der Waals surface area contributed by atoms with Crippen molar-refractivity contribution < 1.29 is 67.0 Å². The van der Waals surface area contributed by atoms with Gasteiger partial charge in [-0.3, -0.25) is 28.9 Å². The molecule has 2 unspecified atom stereocenters. The first kappa shape index (κ1) is 91.3. The van der Waals surface area contributed by atoms with Gasteiger partial charge in [-0.05, 0) is 205 Å². The molecule has 0 aromatic heterocycles. The van der Waals surface area contributed by atoms with Crippen molar-refractivity contribution >= 4 is 29.8 Å². The molecule has 18 nitrogen and oxygen atoms in total. The van der Waals surface area contributed by atoms with Crippen molar-refractivity contribution in [2.45, 2.75) is 386 Å². The summed E-state index contributed by atoms with van der Waals surface area (Å²) in [5.74, 6) is -1.56. The molecule has 106 heavy (non-hydrogen) atoms. The van der Waals surface area contributed by atoms with E-state index in [9.17, 15) is 24.0 Å². The molecule has 18 heteroatoms. The molecule has 4 saturated heterocycles. The van der Waals surface area contributed by atoms with E-state index < -0.39 is 18.0 Å². The second-order valence-electron chi connectivity index (χ2n) is 35.3. The molecule has 3 aromatic rings. The molecule has 2 atom stereocenters. The molecular formula is C88H144N4O14. The lowest BCUT2D eigenvalue weighted by molar-refractivity contribution is -0.311. The number of esters is 5. The minimum Gasteiger partial charge on any atom is -0.467 e. The molecule has 0 bridgehead atoms. The standard InChI is InChI=1S/C44H84N2O6.C24H31NO3.C20H29NO5/c1-11-13-15-17-23-27-31-49-45-41(3,4)33-37(34-42(45,5)6)51-39(47)29-25-21-19-20-22-26-30-40(48)52-38-35-43(7,8)46(44(9,10)36-38)50-32-28-24-18-16-14-12-2;1-23(2)16-11-17-24(3,4)25(23)28-21(19-12-7-5-8-13-19)18-27-22(26)20-14-9-6-10-15-20;1-19(2)12-9-13-20(3,4)21(19)26-16(18(23)24-5)14-25-17(22)15-10-7-6-8-11-15/h37-38H,11-36H2,1-10H3;5-10,12-15,21H,11,16-18H2,1-4H3;6-8,10-11,16H,9,12-14H2,1-5H3. The summed E-state index contributed by atoms with van der Waals surface area (Å²) in [6, 6.07) is 27.7. The summed E-state index contributed by atoms with van der Waals surface area (Å²) in [6.07, 6.45) is 29.7. The number of ether oxygens (including phenoxy) is 5. The summed E-state index contributed by atoms with van der Waals surface area (Å²) in [5, 5.41) is 8.34. The number of hydrogen-bond acceptors (Lipinski definition) is 18. The van der Waals surface area contributed by atoms with Crippen LogP contribution in [0.2, 0.25) is 0 Å². The van der Waals surface area contributed by atoms with Gasteiger partial charge in [-0.15, -0.1) is 0 Å². The van der Waals surface area contributed by atoms with Gasteiger partial charge in [-0.2, -0.15) is 20.3 Å². The fourth-order valence-corrected chi connectivity index (χ4v) is 16.5. The zero-order valence-electron chi connectivity index (χ0n) is 69.5. The summed E-state index contributed by atoms with van der Waals surface area (Å²) in [5.41, 5.74) is 0.525. The lowest BCUT2D eigenvalue weighted by atomic mass is 9.80. The van der Waals surface area contributed by atoms with Crippen LogP contribution < -0.4 is 0 Å². The molecule has 0 amide bonds. The van der Waals surface area contributed by atoms with E-state index in [1.165, 1.54) is 77.7 Å². The van der Waals surface area contributed by atoms with Crippen molar-refractivity contribution in [3.05, 3.63) is 108 Å². The summed E-state index contributed by atoms with van der Waals surface area (Å²) in [4.78, 5) is 87.6. The number of methoxy groups -OCH3 is 1. The molecular weight excluding hydrogens is 1340 g/mol. The Hall–Kier alpha value is -5.31. The van der Waals surface area contributed by atoms with Gasteiger partial charge in [0.2, 0.25) is 6.10 Å². The van der Waals surface area contributed by atoms with Crippen LogP contribution in [0.5, 0.6) is 0 Å². The van der Waals surface area contributed by atoms with E-state index in [4.69, 9.17) is 43.0 Å². The predicted octanol–water partition coefficient (Wildman–Crippen LogP) is 20.7. The van der Waals surface area contributed by atoms with Crippen LogP contribution in [0.3, 0.4) is 0 Å². The van der Waals surface area contributed by atoms with Crippen molar-refractivity contribution in [3.8, 4) is 0 Å². The van der Waals surface area contributed by atoms with E-state index in [0.717, 1.165) is 128 Å². The highest BCUT2D eigenvalue weighted by Crippen LogP contribution is 2.44. The molecule has 3 aromatic carbocycles. The van der Waals surface area contributed by atoms with E-state index in [1.54, 1.807) is 36.4 Å². The minimum atomic E-state index is -1.01. The third-order valence-electron chi connectivity index (χ3n) is 21.4. The van der Waals surface area contributed by atoms with Gasteiger partial charge < -0.3 is 23.7 Å². The number of nitrogens with zero attached hydrogens (tertiary/aromatic N) is 4. The molecule has 0 saturated carbocycles. The smallest absolute Gasteiger partial charge is 0.340 e. The Labute approximate surface area is 641 Å². The highest BCUT2D eigenvalue weighted by atomic mass is 16.7. The average molecular weight is 1480 g/mol. The average Bonchev–Trinajstić information content (AvgIpc) is 0.942. The van der Waals surface area contributed by atoms with Gasteiger partial charge in [-0.1, -0.05) is 170 Å². The lowest BCUT2D eigenvalue weighted by Crippen LogP contribution is -2.62. The molecule has 0 N–H and O–H groups in total. The highest BCUT2D eigenvalue weighted by molar-refractivity contribution is 5.90. The van der Waals surface area contributed by atoms with Gasteiger partial charge in [0.15, 0.2) is 0 Å². The van der Waals surface area contributed by atoms with Crippen LogP contribution in [0, 0.1) is 0 Å². The molecule has 7 rings (SSSR count). The van der Waals surface area contributed by atoms with E-state index in [2.05, 4.69) is 140 Å². The summed E-state index contributed by atoms with van der Waals surface area (Å²) in [6.45, 7) is 40.8. The number of hydrogen-bond donors (Lipinski definition) is 0. The van der Waals surface area contributed by atoms with Crippen LogP contribution in [0.25, 0.3) is 0 Å². The van der Waals surface area contributed by atoms with Crippen LogP contribution in [0.4, 0.5) is 0 Å². The van der Waals surface area contributed by atoms with Gasteiger partial charge in [0.1, 0.15) is 31.5 Å². The van der Waals surface area contributed by atoms with Gasteiger partial charge in [-0.25, -0.2) is 14.4 Å². The Balaban J connectivity index is 0.000000312. The van der Waals surface area contributed by atoms with Crippen molar-refractivity contribution in [2.75, 3.05) is 33.5 Å². The van der Waals surface area contributed by atoms with Crippen molar-refractivity contribution in [1.29, 1.82) is 0 Å². The molecule has 4 heterocycles.